The van der Waals surface area contributed by atoms with E-state index in [0.29, 0.717) is 11.4 Å². The van der Waals surface area contributed by atoms with Crippen molar-refractivity contribution in [3.63, 3.8) is 0 Å². The van der Waals surface area contributed by atoms with Gasteiger partial charge in [0, 0.05) is 11.9 Å². The minimum absolute atomic E-state index is 0.146. The van der Waals surface area contributed by atoms with Crippen molar-refractivity contribution in [3.8, 4) is 5.75 Å². The van der Waals surface area contributed by atoms with Crippen molar-refractivity contribution in [2.75, 3.05) is 18.2 Å². The van der Waals surface area contributed by atoms with Crippen molar-refractivity contribution in [1.29, 1.82) is 0 Å². The van der Waals surface area contributed by atoms with E-state index >= 15 is 0 Å². The summed E-state index contributed by atoms with van der Waals surface area (Å²) in [5, 5.41) is 2.66. The molecule has 0 unspecified atom stereocenters. The third-order valence-electron chi connectivity index (χ3n) is 3.02. The fraction of sp³-hybridized carbons (Fsp3) is 0.188. The standard InChI is InChI=1S/C16H17NO4S/c1-12-8-9-14(22(2,19)20)10-15(12)17-16(18)11-21-13-6-4-3-5-7-13/h3-10H,11H2,1-2H3,(H,17,18). The lowest BCUT2D eigenvalue weighted by molar-refractivity contribution is -0.118. The number of nitrogens with one attached hydrogen (secondary N) is 1. The molecule has 0 heterocycles. The second-order valence-electron chi connectivity index (χ2n) is 4.90. The van der Waals surface area contributed by atoms with E-state index in [-0.39, 0.29) is 17.4 Å². The number of anilines is 1. The van der Waals surface area contributed by atoms with Crippen LogP contribution in [0.4, 0.5) is 5.69 Å². The number of sulfone groups is 1. The molecule has 0 aliphatic rings. The summed E-state index contributed by atoms with van der Waals surface area (Å²) in [5.41, 5.74) is 1.24. The van der Waals surface area contributed by atoms with Gasteiger partial charge in [0.25, 0.3) is 5.91 Å². The molecule has 2 aromatic carbocycles. The molecule has 0 bridgehead atoms. The van der Waals surface area contributed by atoms with Crippen molar-refractivity contribution in [2.45, 2.75) is 11.8 Å². The predicted octanol–water partition coefficient (Wildman–Crippen LogP) is 2.42. The Morgan fingerprint density at radius 3 is 2.45 bits per heavy atom. The quantitative estimate of drug-likeness (QED) is 0.918. The van der Waals surface area contributed by atoms with E-state index in [2.05, 4.69) is 5.32 Å². The van der Waals surface area contributed by atoms with Crippen molar-refractivity contribution >= 4 is 21.4 Å². The summed E-state index contributed by atoms with van der Waals surface area (Å²) in [5.74, 6) is 0.247. The molecule has 0 radical (unpaired) electrons. The Bertz CT molecular complexity index is 770. The first-order chi connectivity index (χ1) is 10.4. The molecule has 0 aromatic heterocycles. The highest BCUT2D eigenvalue weighted by atomic mass is 32.2. The minimum Gasteiger partial charge on any atom is -0.484 e. The van der Waals surface area contributed by atoms with Gasteiger partial charge < -0.3 is 10.1 Å². The largest absolute Gasteiger partial charge is 0.484 e. The van der Waals surface area contributed by atoms with Gasteiger partial charge in [0.1, 0.15) is 5.75 Å². The molecule has 22 heavy (non-hydrogen) atoms. The molecule has 0 saturated heterocycles. The van der Waals surface area contributed by atoms with Crippen LogP contribution < -0.4 is 10.1 Å². The Balaban J connectivity index is 2.05. The van der Waals surface area contributed by atoms with Gasteiger partial charge in [0.05, 0.1) is 4.90 Å². The maximum Gasteiger partial charge on any atom is 0.262 e. The van der Waals surface area contributed by atoms with Crippen LogP contribution in [0.25, 0.3) is 0 Å². The second-order valence-corrected chi connectivity index (χ2v) is 6.91. The van der Waals surface area contributed by atoms with Gasteiger partial charge in [-0.2, -0.15) is 0 Å². The fourth-order valence-electron chi connectivity index (χ4n) is 1.82. The topological polar surface area (TPSA) is 72.5 Å². The molecule has 116 valence electrons. The van der Waals surface area contributed by atoms with E-state index in [1.165, 1.54) is 12.1 Å². The third kappa shape index (κ3) is 4.33. The number of rotatable bonds is 5. The van der Waals surface area contributed by atoms with Crippen LogP contribution in [0.5, 0.6) is 5.75 Å². The van der Waals surface area contributed by atoms with E-state index in [1.54, 1.807) is 25.1 Å². The Morgan fingerprint density at radius 1 is 1.14 bits per heavy atom. The molecule has 1 amide bonds. The lowest BCUT2D eigenvalue weighted by atomic mass is 10.2. The molecule has 0 aliphatic heterocycles. The first-order valence-electron chi connectivity index (χ1n) is 6.64. The maximum atomic E-state index is 11.9. The summed E-state index contributed by atoms with van der Waals surface area (Å²) in [6, 6.07) is 13.6. The van der Waals surface area contributed by atoms with E-state index < -0.39 is 9.84 Å². The van der Waals surface area contributed by atoms with Crippen molar-refractivity contribution < 1.29 is 17.9 Å². The van der Waals surface area contributed by atoms with Gasteiger partial charge >= 0.3 is 0 Å². The number of amides is 1. The first-order valence-corrected chi connectivity index (χ1v) is 8.54. The van der Waals surface area contributed by atoms with Crippen LogP contribution in [0.15, 0.2) is 53.4 Å². The molecule has 2 rings (SSSR count). The maximum absolute atomic E-state index is 11.9. The normalized spacial score (nSPS) is 11.0. The van der Waals surface area contributed by atoms with E-state index in [0.717, 1.165) is 11.8 Å². The lowest BCUT2D eigenvalue weighted by Crippen LogP contribution is -2.20. The summed E-state index contributed by atoms with van der Waals surface area (Å²) in [6.45, 7) is 1.65. The summed E-state index contributed by atoms with van der Waals surface area (Å²) in [6.07, 6.45) is 1.13. The average molecular weight is 319 g/mol. The van der Waals surface area contributed by atoms with Gasteiger partial charge in [-0.1, -0.05) is 24.3 Å². The zero-order valence-electron chi connectivity index (χ0n) is 12.4. The number of aryl methyl sites for hydroxylation is 1. The van der Waals surface area contributed by atoms with Crippen LogP contribution in [0, 0.1) is 6.92 Å². The number of carbonyl (C=O) groups excluding carboxylic acids is 1. The molecule has 2 aromatic rings. The molecule has 0 aliphatic carbocycles. The summed E-state index contributed by atoms with van der Waals surface area (Å²) < 4.78 is 28.5. The zero-order chi connectivity index (χ0) is 16.2. The van der Waals surface area contributed by atoms with Gasteiger partial charge in [-0.05, 0) is 36.8 Å². The Hall–Kier alpha value is -2.34. The van der Waals surface area contributed by atoms with Crippen molar-refractivity contribution in [2.24, 2.45) is 0 Å². The molecule has 0 atom stereocenters. The SMILES string of the molecule is Cc1ccc(S(C)(=O)=O)cc1NC(=O)COc1ccccc1. The second kappa shape index (κ2) is 6.62. The van der Waals surface area contributed by atoms with E-state index in [9.17, 15) is 13.2 Å². The monoisotopic (exact) mass is 319 g/mol. The lowest BCUT2D eigenvalue weighted by Gasteiger charge is -2.11. The molecule has 0 saturated carbocycles. The number of hydrogen-bond donors (Lipinski definition) is 1. The summed E-state index contributed by atoms with van der Waals surface area (Å²) in [4.78, 5) is 12.1. The first kappa shape index (κ1) is 16.0. The highest BCUT2D eigenvalue weighted by Crippen LogP contribution is 2.20. The zero-order valence-corrected chi connectivity index (χ0v) is 13.2. The van der Waals surface area contributed by atoms with Gasteiger partial charge in [-0.3, -0.25) is 4.79 Å². The van der Waals surface area contributed by atoms with E-state index in [1.807, 2.05) is 18.2 Å². The third-order valence-corrected chi connectivity index (χ3v) is 4.13. The summed E-state index contributed by atoms with van der Waals surface area (Å²) in [7, 11) is -3.32. The van der Waals surface area contributed by atoms with Crippen LogP contribution in [0.3, 0.4) is 0 Å². The van der Waals surface area contributed by atoms with Crippen molar-refractivity contribution in [3.05, 3.63) is 54.1 Å². The van der Waals surface area contributed by atoms with Crippen LogP contribution in [0.2, 0.25) is 0 Å². The molecule has 0 fully saturated rings. The molecule has 5 nitrogen and oxygen atoms in total. The molecule has 1 N–H and O–H groups in total. The molecular weight excluding hydrogens is 302 g/mol. The van der Waals surface area contributed by atoms with Crippen LogP contribution >= 0.6 is 0 Å². The Kier molecular flexibility index (Phi) is 4.82. The van der Waals surface area contributed by atoms with Gasteiger partial charge in [-0.25, -0.2) is 8.42 Å². The predicted molar refractivity (Wildman–Crippen MR) is 84.9 cm³/mol. The Morgan fingerprint density at radius 2 is 1.82 bits per heavy atom. The average Bonchev–Trinajstić information content (AvgIpc) is 2.47. The number of hydrogen-bond acceptors (Lipinski definition) is 4. The summed E-state index contributed by atoms with van der Waals surface area (Å²) >= 11 is 0. The van der Waals surface area contributed by atoms with Crippen LogP contribution in [0.1, 0.15) is 5.56 Å². The highest BCUT2D eigenvalue weighted by Gasteiger charge is 2.11. The molecule has 0 spiro atoms. The smallest absolute Gasteiger partial charge is 0.262 e. The number of ether oxygens (including phenoxy) is 1. The van der Waals surface area contributed by atoms with Crippen molar-refractivity contribution in [1.82, 2.24) is 0 Å². The Labute approximate surface area is 129 Å². The van der Waals surface area contributed by atoms with E-state index in [4.69, 9.17) is 4.74 Å². The number of carbonyl (C=O) groups is 1. The van der Waals surface area contributed by atoms with Gasteiger partial charge in [-0.15, -0.1) is 0 Å². The number of para-hydroxylation sites is 1. The van der Waals surface area contributed by atoms with Crippen LogP contribution in [-0.2, 0) is 14.6 Å². The molecular formula is C16H17NO4S. The fourth-order valence-corrected chi connectivity index (χ4v) is 2.47. The number of benzene rings is 2. The van der Waals surface area contributed by atoms with Gasteiger partial charge in [0.2, 0.25) is 0 Å². The van der Waals surface area contributed by atoms with Gasteiger partial charge in [0.15, 0.2) is 16.4 Å². The minimum atomic E-state index is -3.32. The van der Waals surface area contributed by atoms with Crippen LogP contribution in [-0.4, -0.2) is 27.2 Å². The highest BCUT2D eigenvalue weighted by molar-refractivity contribution is 7.90. The molecule has 6 heteroatoms.